The zero-order valence-electron chi connectivity index (χ0n) is 9.32. The maximum absolute atomic E-state index is 11.2. The van der Waals surface area contributed by atoms with Gasteiger partial charge in [-0.05, 0) is 25.5 Å². The lowest BCUT2D eigenvalue weighted by Crippen LogP contribution is -2.23. The van der Waals surface area contributed by atoms with Crippen molar-refractivity contribution in [2.24, 2.45) is 0 Å². The average Bonchev–Trinajstić information content (AvgIpc) is 2.83. The highest BCUT2D eigenvalue weighted by Gasteiger charge is 2.20. The van der Waals surface area contributed by atoms with Gasteiger partial charge in [0.05, 0.1) is 0 Å². The standard InChI is InChI=1S/C12H16N2O2/c1-13-12(15)16-11-7-3-2-5-9(11)10-6-4-8-14-10/h2-3,5,7,10,14H,4,6,8H2,1H3,(H,13,15)/t10-/m0/s1. The Morgan fingerprint density at radius 1 is 1.50 bits per heavy atom. The van der Waals surface area contributed by atoms with Gasteiger partial charge in [0.1, 0.15) is 5.75 Å². The Balaban J connectivity index is 2.19. The zero-order chi connectivity index (χ0) is 11.4. The molecular formula is C12H16N2O2. The highest BCUT2D eigenvalue weighted by Crippen LogP contribution is 2.30. The fourth-order valence-electron chi connectivity index (χ4n) is 1.96. The molecule has 4 nitrogen and oxygen atoms in total. The summed E-state index contributed by atoms with van der Waals surface area (Å²) < 4.78 is 5.22. The Morgan fingerprint density at radius 3 is 3.00 bits per heavy atom. The van der Waals surface area contributed by atoms with E-state index in [0.717, 1.165) is 18.5 Å². The molecule has 4 heteroatoms. The number of carbonyl (C=O) groups is 1. The van der Waals surface area contributed by atoms with Gasteiger partial charge < -0.3 is 15.4 Å². The lowest BCUT2D eigenvalue weighted by atomic mass is 10.0. The van der Waals surface area contributed by atoms with Gasteiger partial charge in [-0.1, -0.05) is 18.2 Å². The number of para-hydroxylation sites is 1. The summed E-state index contributed by atoms with van der Waals surface area (Å²) in [5, 5.41) is 5.84. The molecule has 0 aromatic heterocycles. The van der Waals surface area contributed by atoms with E-state index in [1.165, 1.54) is 6.42 Å². The predicted molar refractivity (Wildman–Crippen MR) is 61.5 cm³/mol. The van der Waals surface area contributed by atoms with E-state index in [0.29, 0.717) is 11.8 Å². The Hall–Kier alpha value is -1.55. The van der Waals surface area contributed by atoms with E-state index in [4.69, 9.17) is 4.74 Å². The Bertz CT molecular complexity index is 373. The first-order chi connectivity index (χ1) is 7.81. The molecule has 1 fully saturated rings. The van der Waals surface area contributed by atoms with Crippen molar-refractivity contribution in [3.05, 3.63) is 29.8 Å². The van der Waals surface area contributed by atoms with E-state index in [-0.39, 0.29) is 0 Å². The minimum absolute atomic E-state index is 0.306. The van der Waals surface area contributed by atoms with Gasteiger partial charge in [0.2, 0.25) is 0 Å². The topological polar surface area (TPSA) is 50.4 Å². The first kappa shape index (κ1) is 11.0. The second kappa shape index (κ2) is 4.99. The second-order valence-corrected chi connectivity index (χ2v) is 3.83. The molecule has 1 aromatic rings. The molecule has 1 atom stereocenters. The van der Waals surface area contributed by atoms with Gasteiger partial charge in [0.15, 0.2) is 0 Å². The zero-order valence-corrected chi connectivity index (χ0v) is 9.32. The van der Waals surface area contributed by atoms with Gasteiger partial charge in [-0.15, -0.1) is 0 Å². The van der Waals surface area contributed by atoms with Gasteiger partial charge in [0.25, 0.3) is 0 Å². The first-order valence-corrected chi connectivity index (χ1v) is 5.53. The van der Waals surface area contributed by atoms with E-state index in [2.05, 4.69) is 10.6 Å². The van der Waals surface area contributed by atoms with Crippen molar-refractivity contribution in [3.63, 3.8) is 0 Å². The summed E-state index contributed by atoms with van der Waals surface area (Å²) in [5.41, 5.74) is 1.06. The van der Waals surface area contributed by atoms with Crippen LogP contribution in [0, 0.1) is 0 Å². The molecule has 1 aliphatic heterocycles. The number of benzene rings is 1. The molecule has 0 unspecified atom stereocenters. The van der Waals surface area contributed by atoms with E-state index >= 15 is 0 Å². The molecule has 1 aliphatic rings. The highest BCUT2D eigenvalue weighted by atomic mass is 16.6. The van der Waals surface area contributed by atoms with Crippen LogP contribution in [0.25, 0.3) is 0 Å². The molecule has 1 saturated heterocycles. The minimum Gasteiger partial charge on any atom is -0.410 e. The summed E-state index contributed by atoms with van der Waals surface area (Å²) >= 11 is 0. The van der Waals surface area contributed by atoms with E-state index < -0.39 is 6.09 Å². The van der Waals surface area contributed by atoms with Crippen LogP contribution in [0.15, 0.2) is 24.3 Å². The molecule has 1 heterocycles. The van der Waals surface area contributed by atoms with Crippen molar-refractivity contribution >= 4 is 6.09 Å². The average molecular weight is 220 g/mol. The molecule has 16 heavy (non-hydrogen) atoms. The monoisotopic (exact) mass is 220 g/mol. The third-order valence-electron chi connectivity index (χ3n) is 2.76. The van der Waals surface area contributed by atoms with Crippen molar-refractivity contribution in [3.8, 4) is 5.75 Å². The third-order valence-corrected chi connectivity index (χ3v) is 2.76. The van der Waals surface area contributed by atoms with Crippen LogP contribution in [0.4, 0.5) is 4.79 Å². The molecule has 2 N–H and O–H groups in total. The van der Waals surface area contributed by atoms with Gasteiger partial charge in [-0.3, -0.25) is 0 Å². The number of hydrogen-bond donors (Lipinski definition) is 2. The van der Waals surface area contributed by atoms with Crippen LogP contribution >= 0.6 is 0 Å². The molecule has 2 rings (SSSR count). The van der Waals surface area contributed by atoms with Crippen LogP contribution in [-0.2, 0) is 0 Å². The van der Waals surface area contributed by atoms with Crippen LogP contribution in [0.1, 0.15) is 24.4 Å². The molecule has 0 spiro atoms. The number of nitrogens with one attached hydrogen (secondary N) is 2. The molecule has 0 radical (unpaired) electrons. The molecule has 1 amide bonds. The highest BCUT2D eigenvalue weighted by molar-refractivity contribution is 5.70. The van der Waals surface area contributed by atoms with Crippen molar-refractivity contribution < 1.29 is 9.53 Å². The van der Waals surface area contributed by atoms with Crippen LogP contribution < -0.4 is 15.4 Å². The number of amides is 1. The largest absolute Gasteiger partial charge is 0.412 e. The van der Waals surface area contributed by atoms with E-state index in [1.54, 1.807) is 7.05 Å². The van der Waals surface area contributed by atoms with Gasteiger partial charge in [-0.25, -0.2) is 4.79 Å². The number of rotatable bonds is 2. The fraction of sp³-hybridized carbons (Fsp3) is 0.417. The lowest BCUT2D eigenvalue weighted by molar-refractivity contribution is 0.202. The summed E-state index contributed by atoms with van der Waals surface area (Å²) in [4.78, 5) is 11.2. The van der Waals surface area contributed by atoms with Crippen molar-refractivity contribution in [1.82, 2.24) is 10.6 Å². The summed E-state index contributed by atoms with van der Waals surface area (Å²) in [6, 6.07) is 7.97. The van der Waals surface area contributed by atoms with E-state index in [9.17, 15) is 4.79 Å². The minimum atomic E-state index is -0.426. The first-order valence-electron chi connectivity index (χ1n) is 5.53. The van der Waals surface area contributed by atoms with Crippen LogP contribution in [0.2, 0.25) is 0 Å². The van der Waals surface area contributed by atoms with Crippen molar-refractivity contribution in [2.75, 3.05) is 13.6 Å². The smallest absolute Gasteiger partial charge is 0.410 e. The Morgan fingerprint density at radius 2 is 2.31 bits per heavy atom. The van der Waals surface area contributed by atoms with Gasteiger partial charge in [0, 0.05) is 18.7 Å². The number of hydrogen-bond acceptors (Lipinski definition) is 3. The SMILES string of the molecule is CNC(=O)Oc1ccccc1[C@@H]1CCCN1. The third kappa shape index (κ3) is 2.33. The predicted octanol–water partition coefficient (Wildman–Crippen LogP) is 1.83. The molecule has 0 aliphatic carbocycles. The lowest BCUT2D eigenvalue weighted by Gasteiger charge is -2.15. The van der Waals surface area contributed by atoms with Crippen LogP contribution in [0.3, 0.4) is 0 Å². The maximum atomic E-state index is 11.2. The van der Waals surface area contributed by atoms with Crippen molar-refractivity contribution in [1.29, 1.82) is 0 Å². The normalized spacial score (nSPS) is 19.4. The fourth-order valence-corrected chi connectivity index (χ4v) is 1.96. The molecule has 86 valence electrons. The summed E-state index contributed by atoms with van der Waals surface area (Å²) in [7, 11) is 1.55. The van der Waals surface area contributed by atoms with Crippen LogP contribution in [0.5, 0.6) is 5.75 Å². The van der Waals surface area contributed by atoms with Gasteiger partial charge in [-0.2, -0.15) is 0 Å². The summed E-state index contributed by atoms with van der Waals surface area (Å²) in [6.07, 6.45) is 1.83. The summed E-state index contributed by atoms with van der Waals surface area (Å²) in [6.45, 7) is 1.03. The van der Waals surface area contributed by atoms with Gasteiger partial charge >= 0.3 is 6.09 Å². The van der Waals surface area contributed by atoms with Crippen LogP contribution in [-0.4, -0.2) is 19.7 Å². The van der Waals surface area contributed by atoms with Crippen molar-refractivity contribution in [2.45, 2.75) is 18.9 Å². The Kier molecular flexibility index (Phi) is 3.41. The summed E-state index contributed by atoms with van der Waals surface area (Å²) in [5.74, 6) is 0.640. The molecular weight excluding hydrogens is 204 g/mol. The maximum Gasteiger partial charge on any atom is 0.412 e. The second-order valence-electron chi connectivity index (χ2n) is 3.83. The number of carbonyl (C=O) groups excluding carboxylic acids is 1. The number of ether oxygens (including phenoxy) is 1. The quantitative estimate of drug-likeness (QED) is 0.799. The molecule has 1 aromatic carbocycles. The molecule has 0 bridgehead atoms. The van der Waals surface area contributed by atoms with E-state index in [1.807, 2.05) is 24.3 Å². The molecule has 0 saturated carbocycles. The Labute approximate surface area is 95.0 Å².